The highest BCUT2D eigenvalue weighted by molar-refractivity contribution is 14.0. The highest BCUT2D eigenvalue weighted by Crippen LogP contribution is 2.24. The van der Waals surface area contributed by atoms with Crippen LogP contribution in [0.3, 0.4) is 0 Å². The summed E-state index contributed by atoms with van der Waals surface area (Å²) in [6, 6.07) is 10.1. The fourth-order valence-electron chi connectivity index (χ4n) is 3.81. The number of primary amides is 1. The number of aryl methyl sites for hydroxylation is 1. The number of methoxy groups -OCH3 is 1. The van der Waals surface area contributed by atoms with Crippen LogP contribution in [0.15, 0.2) is 41.5 Å². The number of amides is 1. The predicted molar refractivity (Wildman–Crippen MR) is 139 cm³/mol. The molecule has 1 fully saturated rings. The van der Waals surface area contributed by atoms with E-state index < -0.39 is 0 Å². The number of nitrogens with zero attached hydrogens (tertiary/aromatic N) is 3. The highest BCUT2D eigenvalue weighted by atomic mass is 127. The third-order valence-corrected chi connectivity index (χ3v) is 5.62. The van der Waals surface area contributed by atoms with Crippen LogP contribution in [-0.4, -0.2) is 44.1 Å². The second kappa shape index (κ2) is 12.5. The zero-order valence-electron chi connectivity index (χ0n) is 18.9. The van der Waals surface area contributed by atoms with Crippen LogP contribution < -0.4 is 26.0 Å². The topological polar surface area (TPSA) is 105 Å². The van der Waals surface area contributed by atoms with Gasteiger partial charge < -0.3 is 26.0 Å². The molecule has 8 nitrogen and oxygen atoms in total. The van der Waals surface area contributed by atoms with Crippen molar-refractivity contribution >= 4 is 41.7 Å². The molecule has 32 heavy (non-hydrogen) atoms. The Morgan fingerprint density at radius 3 is 2.53 bits per heavy atom. The number of halogens is 1. The molecule has 2 heterocycles. The van der Waals surface area contributed by atoms with Gasteiger partial charge in [-0.2, -0.15) is 0 Å². The van der Waals surface area contributed by atoms with Gasteiger partial charge >= 0.3 is 0 Å². The Kier molecular flexibility index (Phi) is 10.0. The predicted octanol–water partition coefficient (Wildman–Crippen LogP) is 2.58. The van der Waals surface area contributed by atoms with Crippen molar-refractivity contribution in [3.63, 3.8) is 0 Å². The lowest BCUT2D eigenvalue weighted by Gasteiger charge is -2.32. The molecule has 1 aliphatic heterocycles. The Labute approximate surface area is 207 Å². The van der Waals surface area contributed by atoms with E-state index in [1.807, 2.05) is 19.1 Å². The summed E-state index contributed by atoms with van der Waals surface area (Å²) in [5.41, 5.74) is 8.77. The number of anilines is 1. The summed E-state index contributed by atoms with van der Waals surface area (Å²) in [6.45, 7) is 4.78. The minimum absolute atomic E-state index is 0. The zero-order chi connectivity index (χ0) is 22.2. The number of aliphatic imine (C=N–C) groups is 1. The second-order valence-electron chi connectivity index (χ2n) is 7.74. The normalized spacial score (nSPS) is 14.5. The number of ether oxygens (including phenoxy) is 1. The Morgan fingerprint density at radius 1 is 1.22 bits per heavy atom. The Hall–Kier alpha value is -2.56. The van der Waals surface area contributed by atoms with Crippen LogP contribution in [0.4, 0.5) is 5.82 Å². The minimum atomic E-state index is -0.206. The number of carbonyl (C=O) groups excluding carboxylic acids is 1. The van der Waals surface area contributed by atoms with E-state index in [1.165, 1.54) is 0 Å². The molecule has 9 heteroatoms. The van der Waals surface area contributed by atoms with Gasteiger partial charge in [-0.05, 0) is 37.5 Å². The maximum atomic E-state index is 11.4. The van der Waals surface area contributed by atoms with Crippen molar-refractivity contribution < 1.29 is 9.53 Å². The molecular formula is C23H33IN6O2. The zero-order valence-corrected chi connectivity index (χ0v) is 21.3. The SMILES string of the molecule is CN=C(NCc1ccc(C)cc1OC)NCc1cccnc1N1CCC(C(N)=O)CC1.I. The number of hydrogen-bond donors (Lipinski definition) is 3. The lowest BCUT2D eigenvalue weighted by molar-refractivity contribution is -0.122. The van der Waals surface area contributed by atoms with Crippen LogP contribution >= 0.6 is 24.0 Å². The van der Waals surface area contributed by atoms with Gasteiger partial charge in [0.2, 0.25) is 5.91 Å². The van der Waals surface area contributed by atoms with Gasteiger partial charge in [0.15, 0.2) is 5.96 Å². The van der Waals surface area contributed by atoms with E-state index >= 15 is 0 Å². The molecule has 1 saturated heterocycles. The monoisotopic (exact) mass is 552 g/mol. The van der Waals surface area contributed by atoms with E-state index in [1.54, 1.807) is 20.4 Å². The van der Waals surface area contributed by atoms with E-state index in [-0.39, 0.29) is 35.8 Å². The van der Waals surface area contributed by atoms with E-state index in [9.17, 15) is 4.79 Å². The van der Waals surface area contributed by atoms with Crippen molar-refractivity contribution in [1.82, 2.24) is 15.6 Å². The van der Waals surface area contributed by atoms with Crippen LogP contribution in [0.2, 0.25) is 0 Å². The first-order valence-electron chi connectivity index (χ1n) is 10.6. The van der Waals surface area contributed by atoms with Crippen molar-refractivity contribution in [1.29, 1.82) is 0 Å². The van der Waals surface area contributed by atoms with E-state index in [0.29, 0.717) is 19.0 Å². The summed E-state index contributed by atoms with van der Waals surface area (Å²) in [7, 11) is 3.43. The van der Waals surface area contributed by atoms with Crippen LogP contribution in [0.5, 0.6) is 5.75 Å². The molecule has 174 valence electrons. The molecule has 1 aromatic heterocycles. The molecule has 1 aromatic carbocycles. The standard InChI is InChI=1S/C23H32N6O2.HI/c1-16-6-7-18(20(13-16)31-3)14-27-23(25-2)28-15-19-5-4-10-26-22(19)29-11-8-17(9-12-29)21(24)30;/h4-7,10,13,17H,8-9,11-12,14-15H2,1-3H3,(H2,24,30)(H2,25,27,28);1H. The number of rotatable bonds is 7. The largest absolute Gasteiger partial charge is 0.496 e. The summed E-state index contributed by atoms with van der Waals surface area (Å²) in [5, 5.41) is 6.71. The highest BCUT2D eigenvalue weighted by Gasteiger charge is 2.24. The van der Waals surface area contributed by atoms with Crippen LogP contribution in [0.25, 0.3) is 0 Å². The number of aromatic nitrogens is 1. The summed E-state index contributed by atoms with van der Waals surface area (Å²) < 4.78 is 5.48. The van der Waals surface area contributed by atoms with Gasteiger partial charge in [0.25, 0.3) is 0 Å². The first kappa shape index (κ1) is 25.7. The Bertz CT molecular complexity index is 928. The number of guanidine groups is 1. The van der Waals surface area contributed by atoms with E-state index in [2.05, 4.69) is 43.7 Å². The van der Waals surface area contributed by atoms with Gasteiger partial charge in [-0.25, -0.2) is 4.98 Å². The smallest absolute Gasteiger partial charge is 0.220 e. The third kappa shape index (κ3) is 6.72. The van der Waals surface area contributed by atoms with Crippen molar-refractivity contribution in [3.8, 4) is 5.75 Å². The van der Waals surface area contributed by atoms with Crippen molar-refractivity contribution in [2.45, 2.75) is 32.9 Å². The fraction of sp³-hybridized carbons (Fsp3) is 0.435. The maximum Gasteiger partial charge on any atom is 0.220 e. The minimum Gasteiger partial charge on any atom is -0.496 e. The lowest BCUT2D eigenvalue weighted by atomic mass is 9.96. The molecule has 0 unspecified atom stereocenters. The van der Waals surface area contributed by atoms with Crippen LogP contribution in [-0.2, 0) is 17.9 Å². The number of carbonyl (C=O) groups is 1. The van der Waals surface area contributed by atoms with E-state index in [4.69, 9.17) is 10.5 Å². The van der Waals surface area contributed by atoms with Gasteiger partial charge in [0, 0.05) is 56.5 Å². The van der Waals surface area contributed by atoms with Gasteiger partial charge in [-0.15, -0.1) is 24.0 Å². The average molecular weight is 552 g/mol. The number of hydrogen-bond acceptors (Lipinski definition) is 5. The fourth-order valence-corrected chi connectivity index (χ4v) is 3.81. The van der Waals surface area contributed by atoms with Crippen LogP contribution in [0.1, 0.15) is 29.5 Å². The molecule has 2 aromatic rings. The summed E-state index contributed by atoms with van der Waals surface area (Å²) in [6.07, 6.45) is 3.33. The molecule has 1 aliphatic rings. The summed E-state index contributed by atoms with van der Waals surface area (Å²) in [4.78, 5) is 22.6. The maximum absolute atomic E-state index is 11.4. The first-order valence-corrected chi connectivity index (χ1v) is 10.6. The number of pyridine rings is 1. The lowest BCUT2D eigenvalue weighted by Crippen LogP contribution is -2.40. The Morgan fingerprint density at radius 2 is 1.91 bits per heavy atom. The quantitative estimate of drug-likeness (QED) is 0.277. The van der Waals surface area contributed by atoms with Gasteiger partial charge in [0.1, 0.15) is 11.6 Å². The molecule has 3 rings (SSSR count). The van der Waals surface area contributed by atoms with E-state index in [0.717, 1.165) is 54.2 Å². The summed E-state index contributed by atoms with van der Waals surface area (Å²) in [5.74, 6) is 2.25. The van der Waals surface area contributed by atoms with Crippen molar-refractivity contribution in [3.05, 3.63) is 53.2 Å². The molecule has 0 aliphatic carbocycles. The number of nitrogens with one attached hydrogen (secondary N) is 2. The van der Waals surface area contributed by atoms with Gasteiger partial charge in [-0.3, -0.25) is 9.79 Å². The molecule has 0 spiro atoms. The van der Waals surface area contributed by atoms with Crippen molar-refractivity contribution in [2.75, 3.05) is 32.1 Å². The molecular weight excluding hydrogens is 519 g/mol. The van der Waals surface area contributed by atoms with Crippen LogP contribution in [0, 0.1) is 12.8 Å². The third-order valence-electron chi connectivity index (χ3n) is 5.62. The van der Waals surface area contributed by atoms with Gasteiger partial charge in [0.05, 0.1) is 7.11 Å². The number of benzene rings is 1. The molecule has 4 N–H and O–H groups in total. The molecule has 0 saturated carbocycles. The average Bonchev–Trinajstić information content (AvgIpc) is 2.80. The Balaban J connectivity index is 0.00000363. The number of nitrogens with two attached hydrogens (primary N) is 1. The summed E-state index contributed by atoms with van der Waals surface area (Å²) >= 11 is 0. The van der Waals surface area contributed by atoms with Gasteiger partial charge in [-0.1, -0.05) is 18.2 Å². The number of piperidine rings is 1. The molecule has 0 radical (unpaired) electrons. The molecule has 0 atom stereocenters. The molecule has 0 bridgehead atoms. The molecule has 1 amide bonds. The van der Waals surface area contributed by atoms with Crippen molar-refractivity contribution in [2.24, 2.45) is 16.6 Å². The second-order valence-corrected chi connectivity index (χ2v) is 7.74. The first-order chi connectivity index (χ1) is 15.0.